The quantitative estimate of drug-likeness (QED) is 0.574. The molecule has 0 aliphatic heterocycles. The van der Waals surface area contributed by atoms with Crippen molar-refractivity contribution in [2.24, 2.45) is 7.05 Å². The Balaban J connectivity index is 3.04. The minimum atomic E-state index is 0.0275. The van der Waals surface area contributed by atoms with E-state index < -0.39 is 0 Å². The first-order valence-corrected chi connectivity index (χ1v) is 2.76. The number of aliphatic hydroxyl groups excluding tert-OH is 1. The van der Waals surface area contributed by atoms with Crippen molar-refractivity contribution in [3.05, 3.63) is 17.5 Å². The van der Waals surface area contributed by atoms with Crippen molar-refractivity contribution in [2.45, 2.75) is 13.5 Å². The first-order valence-electron chi connectivity index (χ1n) is 2.76. The van der Waals surface area contributed by atoms with Crippen LogP contribution in [0.2, 0.25) is 0 Å². The minimum Gasteiger partial charge on any atom is -0.392 e. The Bertz CT molecular complexity index is 205. The molecule has 0 fully saturated rings. The highest BCUT2D eigenvalue weighted by atomic mass is 16.3. The van der Waals surface area contributed by atoms with Crippen molar-refractivity contribution < 1.29 is 5.11 Å². The molecule has 0 unspecified atom stereocenters. The Labute approximate surface area is 53.9 Å². The number of nitrogens with zero attached hydrogens (tertiary/aromatic N) is 2. The van der Waals surface area contributed by atoms with Crippen LogP contribution in [0.15, 0.2) is 0 Å². The molecule has 0 amide bonds. The normalized spacial score (nSPS) is 10.1. The van der Waals surface area contributed by atoms with Crippen LogP contribution in [0.3, 0.4) is 0 Å². The van der Waals surface area contributed by atoms with Gasteiger partial charge in [-0.2, -0.15) is 5.10 Å². The smallest absolute Gasteiger partial charge is 0.119 e. The molecular weight excluding hydrogens is 116 g/mol. The largest absolute Gasteiger partial charge is 0.392 e. The van der Waals surface area contributed by atoms with Crippen LogP contribution in [-0.2, 0) is 13.7 Å². The van der Waals surface area contributed by atoms with Gasteiger partial charge in [0.15, 0.2) is 0 Å². The van der Waals surface area contributed by atoms with Crippen molar-refractivity contribution >= 4 is 0 Å². The van der Waals surface area contributed by atoms with Gasteiger partial charge >= 0.3 is 0 Å². The molecule has 1 aromatic rings. The Morgan fingerprint density at radius 2 is 2.44 bits per heavy atom. The third-order valence-corrected chi connectivity index (χ3v) is 1.42. The van der Waals surface area contributed by atoms with Crippen LogP contribution in [0.4, 0.5) is 0 Å². The van der Waals surface area contributed by atoms with Crippen molar-refractivity contribution in [3.63, 3.8) is 0 Å². The van der Waals surface area contributed by atoms with E-state index in [2.05, 4.69) is 11.3 Å². The lowest BCUT2D eigenvalue weighted by Gasteiger charge is -1.93. The van der Waals surface area contributed by atoms with Gasteiger partial charge in [-0.05, 0) is 6.92 Å². The maximum atomic E-state index is 8.65. The summed E-state index contributed by atoms with van der Waals surface area (Å²) in [6.07, 6.45) is 2.69. The molecule has 0 atom stereocenters. The van der Waals surface area contributed by atoms with Crippen molar-refractivity contribution in [1.29, 1.82) is 0 Å². The van der Waals surface area contributed by atoms with Crippen LogP contribution >= 0.6 is 0 Å². The fraction of sp³-hybridized carbons (Fsp3) is 0.500. The van der Waals surface area contributed by atoms with Gasteiger partial charge in [0.1, 0.15) is 6.20 Å². The van der Waals surface area contributed by atoms with Gasteiger partial charge in [-0.15, -0.1) is 0 Å². The number of aryl methyl sites for hydroxylation is 1. The molecule has 1 radical (unpaired) electrons. The summed E-state index contributed by atoms with van der Waals surface area (Å²) >= 11 is 0. The summed E-state index contributed by atoms with van der Waals surface area (Å²) in [7, 11) is 1.82. The molecule has 3 heteroatoms. The molecule has 3 nitrogen and oxygen atoms in total. The Morgan fingerprint density at radius 1 is 1.78 bits per heavy atom. The summed E-state index contributed by atoms with van der Waals surface area (Å²) < 4.78 is 1.69. The van der Waals surface area contributed by atoms with E-state index in [4.69, 9.17) is 5.11 Å². The monoisotopic (exact) mass is 125 g/mol. The molecule has 0 aliphatic rings. The Morgan fingerprint density at radius 3 is 2.67 bits per heavy atom. The minimum absolute atomic E-state index is 0.0275. The van der Waals surface area contributed by atoms with Gasteiger partial charge < -0.3 is 5.11 Å². The highest BCUT2D eigenvalue weighted by molar-refractivity contribution is 5.12. The summed E-state index contributed by atoms with van der Waals surface area (Å²) in [6.45, 7) is 1.93. The first-order chi connectivity index (χ1) is 4.25. The van der Waals surface area contributed by atoms with E-state index in [1.807, 2.05) is 14.0 Å². The third-order valence-electron chi connectivity index (χ3n) is 1.42. The number of hydrogen-bond acceptors (Lipinski definition) is 2. The summed E-state index contributed by atoms with van der Waals surface area (Å²) in [6, 6.07) is 0. The fourth-order valence-electron chi connectivity index (χ4n) is 0.636. The van der Waals surface area contributed by atoms with E-state index in [0.29, 0.717) is 0 Å². The molecular formula is C6H9N2O. The lowest BCUT2D eigenvalue weighted by molar-refractivity contribution is 0.280. The van der Waals surface area contributed by atoms with E-state index in [1.165, 1.54) is 0 Å². The number of aliphatic hydroxyl groups is 1. The SMILES string of the molecule is Cc1c(CO)[c]nn1C. The third kappa shape index (κ3) is 0.954. The maximum absolute atomic E-state index is 8.65. The van der Waals surface area contributed by atoms with Gasteiger partial charge in [0.25, 0.3) is 0 Å². The summed E-state index contributed by atoms with van der Waals surface area (Å²) in [4.78, 5) is 0. The average Bonchev–Trinajstić information content (AvgIpc) is 2.15. The van der Waals surface area contributed by atoms with Crippen LogP contribution in [0, 0.1) is 13.1 Å². The molecule has 1 rings (SSSR count). The lowest BCUT2D eigenvalue weighted by Crippen LogP contribution is -1.93. The van der Waals surface area contributed by atoms with E-state index in [-0.39, 0.29) is 6.61 Å². The predicted octanol–water partition coefficient (Wildman–Crippen LogP) is 0.0210. The Kier molecular flexibility index (Phi) is 1.53. The highest BCUT2D eigenvalue weighted by Gasteiger charge is 2.00. The van der Waals surface area contributed by atoms with Gasteiger partial charge in [0.2, 0.25) is 0 Å². The topological polar surface area (TPSA) is 38.1 Å². The van der Waals surface area contributed by atoms with Gasteiger partial charge in [-0.25, -0.2) is 0 Å². The van der Waals surface area contributed by atoms with Gasteiger partial charge in [-0.3, -0.25) is 4.68 Å². The molecule has 0 aliphatic carbocycles. The second kappa shape index (κ2) is 2.19. The molecule has 1 aromatic heterocycles. The first kappa shape index (κ1) is 6.29. The summed E-state index contributed by atoms with van der Waals surface area (Å²) in [5.74, 6) is 0. The van der Waals surface area contributed by atoms with Crippen LogP contribution < -0.4 is 0 Å². The molecule has 0 aromatic carbocycles. The maximum Gasteiger partial charge on any atom is 0.119 e. The molecule has 0 bridgehead atoms. The van der Waals surface area contributed by atoms with Crippen LogP contribution in [0.1, 0.15) is 11.3 Å². The highest BCUT2D eigenvalue weighted by Crippen LogP contribution is 2.02. The van der Waals surface area contributed by atoms with Crippen molar-refractivity contribution in [1.82, 2.24) is 9.78 Å². The van der Waals surface area contributed by atoms with E-state index in [0.717, 1.165) is 11.3 Å². The van der Waals surface area contributed by atoms with Crippen LogP contribution in [0.25, 0.3) is 0 Å². The van der Waals surface area contributed by atoms with Gasteiger partial charge in [-0.1, -0.05) is 0 Å². The van der Waals surface area contributed by atoms with E-state index in [1.54, 1.807) is 4.68 Å². The number of rotatable bonds is 1. The summed E-state index contributed by atoms with van der Waals surface area (Å²) in [5.41, 5.74) is 1.75. The fourth-order valence-corrected chi connectivity index (χ4v) is 0.636. The molecule has 9 heavy (non-hydrogen) atoms. The van der Waals surface area contributed by atoms with Crippen molar-refractivity contribution in [2.75, 3.05) is 0 Å². The lowest BCUT2D eigenvalue weighted by atomic mass is 10.3. The molecule has 0 spiro atoms. The number of aromatic nitrogens is 2. The van der Waals surface area contributed by atoms with E-state index >= 15 is 0 Å². The number of hydrogen-bond donors (Lipinski definition) is 1. The second-order valence-corrected chi connectivity index (χ2v) is 1.96. The molecule has 0 saturated heterocycles. The summed E-state index contributed by atoms with van der Waals surface area (Å²) in [5, 5.41) is 12.5. The molecule has 49 valence electrons. The van der Waals surface area contributed by atoms with Crippen LogP contribution in [0.5, 0.6) is 0 Å². The second-order valence-electron chi connectivity index (χ2n) is 1.96. The van der Waals surface area contributed by atoms with Crippen LogP contribution in [-0.4, -0.2) is 14.9 Å². The van der Waals surface area contributed by atoms with Gasteiger partial charge in [0, 0.05) is 18.3 Å². The van der Waals surface area contributed by atoms with E-state index in [9.17, 15) is 0 Å². The van der Waals surface area contributed by atoms with Gasteiger partial charge in [0.05, 0.1) is 6.61 Å². The average molecular weight is 125 g/mol. The molecule has 1 heterocycles. The zero-order valence-electron chi connectivity index (χ0n) is 5.55. The van der Waals surface area contributed by atoms with Crippen molar-refractivity contribution in [3.8, 4) is 0 Å². The standard InChI is InChI=1S/C6H9N2O/c1-5-6(4-9)3-7-8(5)2/h9H,4H2,1-2H3. The molecule has 0 saturated carbocycles. The predicted molar refractivity (Wildman–Crippen MR) is 32.7 cm³/mol. The zero-order valence-corrected chi connectivity index (χ0v) is 5.55. The Hall–Kier alpha value is -0.830. The zero-order chi connectivity index (χ0) is 6.85. The molecule has 1 N–H and O–H groups in total.